The molecular formula is C15H13BrClNOS. The molecule has 0 aliphatic rings. The van der Waals surface area contributed by atoms with Crippen molar-refractivity contribution < 1.29 is 4.42 Å². The molecule has 1 atom stereocenters. The second kappa shape index (κ2) is 5.90. The first-order valence-electron chi connectivity index (χ1n) is 6.28. The Hall–Kier alpha value is -0.810. The predicted molar refractivity (Wildman–Crippen MR) is 88.5 cm³/mol. The number of hydrogen-bond donors (Lipinski definition) is 1. The zero-order valence-electron chi connectivity index (χ0n) is 10.8. The number of hydrogen-bond acceptors (Lipinski definition) is 3. The zero-order chi connectivity index (χ0) is 14.1. The van der Waals surface area contributed by atoms with Gasteiger partial charge >= 0.3 is 0 Å². The molecule has 5 heteroatoms. The number of benzene rings is 1. The number of rotatable bonds is 4. The van der Waals surface area contributed by atoms with Gasteiger partial charge in [0.15, 0.2) is 0 Å². The van der Waals surface area contributed by atoms with E-state index < -0.39 is 0 Å². The van der Waals surface area contributed by atoms with Crippen LogP contribution in [-0.2, 0) is 6.54 Å². The third-order valence-corrected chi connectivity index (χ3v) is 4.86. The molecule has 2 heterocycles. The maximum absolute atomic E-state index is 5.93. The molecule has 0 fully saturated rings. The first-order valence-corrected chi connectivity index (χ1v) is 8.27. The quantitative estimate of drug-likeness (QED) is 0.631. The van der Waals surface area contributed by atoms with Crippen LogP contribution in [-0.4, -0.2) is 0 Å². The Kier molecular flexibility index (Phi) is 4.17. The summed E-state index contributed by atoms with van der Waals surface area (Å²) in [7, 11) is 0. The van der Waals surface area contributed by atoms with Crippen LogP contribution in [0, 0.1) is 0 Å². The first-order chi connectivity index (χ1) is 9.61. The van der Waals surface area contributed by atoms with Crippen molar-refractivity contribution in [2.75, 3.05) is 0 Å². The lowest BCUT2D eigenvalue weighted by atomic mass is 10.2. The highest BCUT2D eigenvalue weighted by Gasteiger charge is 2.11. The monoisotopic (exact) mass is 369 g/mol. The van der Waals surface area contributed by atoms with E-state index in [4.69, 9.17) is 16.0 Å². The summed E-state index contributed by atoms with van der Waals surface area (Å²) in [6, 6.07) is 12.2. The number of halogens is 2. The number of thiophene rings is 1. The molecule has 1 aromatic carbocycles. The summed E-state index contributed by atoms with van der Waals surface area (Å²) in [6.45, 7) is 2.89. The molecule has 1 N–H and O–H groups in total. The van der Waals surface area contributed by atoms with Crippen molar-refractivity contribution in [3.8, 4) is 0 Å². The summed E-state index contributed by atoms with van der Waals surface area (Å²) in [5, 5.41) is 4.56. The van der Waals surface area contributed by atoms with E-state index in [0.717, 1.165) is 32.1 Å². The van der Waals surface area contributed by atoms with Gasteiger partial charge in [-0.3, -0.25) is 0 Å². The molecule has 20 heavy (non-hydrogen) atoms. The Morgan fingerprint density at radius 1 is 1.30 bits per heavy atom. The normalized spacial score (nSPS) is 12.9. The van der Waals surface area contributed by atoms with Gasteiger partial charge in [-0.25, -0.2) is 0 Å². The Bertz CT molecular complexity index is 736. The second-order valence-corrected chi connectivity index (χ2v) is 7.35. The minimum Gasteiger partial charge on any atom is -0.459 e. The summed E-state index contributed by atoms with van der Waals surface area (Å²) in [5.74, 6) is 0.945. The molecule has 0 bridgehead atoms. The fourth-order valence-electron chi connectivity index (χ4n) is 2.05. The zero-order valence-corrected chi connectivity index (χ0v) is 14.0. The van der Waals surface area contributed by atoms with E-state index in [9.17, 15) is 0 Å². The molecule has 0 radical (unpaired) electrons. The van der Waals surface area contributed by atoms with Crippen molar-refractivity contribution in [3.05, 3.63) is 55.8 Å². The van der Waals surface area contributed by atoms with E-state index in [2.05, 4.69) is 40.3 Å². The molecule has 0 aliphatic carbocycles. The summed E-state index contributed by atoms with van der Waals surface area (Å²) < 4.78 is 7.76. The third-order valence-electron chi connectivity index (χ3n) is 3.14. The second-order valence-electron chi connectivity index (χ2n) is 4.64. The molecular weight excluding hydrogens is 358 g/mol. The molecule has 3 aromatic rings. The van der Waals surface area contributed by atoms with Crippen molar-refractivity contribution in [1.29, 1.82) is 0 Å². The fraction of sp³-hybridized carbons (Fsp3) is 0.200. The number of nitrogens with one attached hydrogen (secondary N) is 1. The van der Waals surface area contributed by atoms with E-state index in [-0.39, 0.29) is 6.04 Å². The Morgan fingerprint density at radius 2 is 2.15 bits per heavy atom. The molecule has 2 aromatic heterocycles. The van der Waals surface area contributed by atoms with Gasteiger partial charge in [0.1, 0.15) is 11.3 Å². The molecule has 2 nitrogen and oxygen atoms in total. The summed E-state index contributed by atoms with van der Waals surface area (Å²) in [4.78, 5) is 1.22. The maximum atomic E-state index is 5.93. The van der Waals surface area contributed by atoms with Crippen LogP contribution >= 0.6 is 38.9 Å². The van der Waals surface area contributed by atoms with Crippen molar-refractivity contribution in [3.63, 3.8) is 0 Å². The first kappa shape index (κ1) is 14.1. The molecule has 0 saturated heterocycles. The predicted octanol–water partition coefficient (Wildman–Crippen LogP) is 5.76. The lowest BCUT2D eigenvalue weighted by Crippen LogP contribution is -2.16. The van der Waals surface area contributed by atoms with Crippen LogP contribution in [0.15, 0.2) is 45.3 Å². The highest BCUT2D eigenvalue weighted by molar-refractivity contribution is 9.10. The maximum Gasteiger partial charge on any atom is 0.134 e. The van der Waals surface area contributed by atoms with Crippen LogP contribution in [0.2, 0.25) is 4.34 Å². The molecule has 0 aliphatic heterocycles. The molecule has 3 rings (SSSR count). The molecule has 0 amide bonds. The Morgan fingerprint density at radius 3 is 2.90 bits per heavy atom. The highest BCUT2D eigenvalue weighted by Crippen LogP contribution is 2.27. The van der Waals surface area contributed by atoms with Gasteiger partial charge < -0.3 is 9.73 Å². The number of furan rings is 1. The van der Waals surface area contributed by atoms with Gasteiger partial charge in [-0.1, -0.05) is 27.5 Å². The SMILES string of the molecule is CC(NCc1ccc(Cl)s1)c1cc2cc(Br)ccc2o1. The van der Waals surface area contributed by atoms with Crippen LogP contribution in [0.1, 0.15) is 23.6 Å². The van der Waals surface area contributed by atoms with Gasteiger partial charge in [-0.05, 0) is 43.3 Å². The summed E-state index contributed by atoms with van der Waals surface area (Å²) in [6.07, 6.45) is 0. The van der Waals surface area contributed by atoms with Crippen LogP contribution in [0.3, 0.4) is 0 Å². The van der Waals surface area contributed by atoms with E-state index in [0.29, 0.717) is 0 Å². The van der Waals surface area contributed by atoms with Gasteiger partial charge in [0, 0.05) is 21.3 Å². The van der Waals surface area contributed by atoms with Crippen molar-refractivity contribution in [2.24, 2.45) is 0 Å². The van der Waals surface area contributed by atoms with Crippen molar-refractivity contribution in [1.82, 2.24) is 5.32 Å². The van der Waals surface area contributed by atoms with Gasteiger partial charge in [-0.15, -0.1) is 11.3 Å². The smallest absolute Gasteiger partial charge is 0.134 e. The van der Waals surface area contributed by atoms with Crippen LogP contribution in [0.4, 0.5) is 0 Å². The lowest BCUT2D eigenvalue weighted by Gasteiger charge is -2.09. The summed E-state index contributed by atoms with van der Waals surface area (Å²) in [5.41, 5.74) is 0.913. The lowest BCUT2D eigenvalue weighted by molar-refractivity contribution is 0.452. The molecule has 0 saturated carbocycles. The Labute approximate surface area is 134 Å². The average molecular weight is 371 g/mol. The van der Waals surface area contributed by atoms with E-state index >= 15 is 0 Å². The van der Waals surface area contributed by atoms with Crippen LogP contribution < -0.4 is 5.32 Å². The topological polar surface area (TPSA) is 25.2 Å². The Balaban J connectivity index is 1.73. The molecule has 0 spiro atoms. The third kappa shape index (κ3) is 3.09. The van der Waals surface area contributed by atoms with Gasteiger partial charge in [0.25, 0.3) is 0 Å². The number of fused-ring (bicyclic) bond motifs is 1. The summed E-state index contributed by atoms with van der Waals surface area (Å²) >= 11 is 11.0. The minimum absolute atomic E-state index is 0.155. The average Bonchev–Trinajstić information content (AvgIpc) is 3.01. The standard InChI is InChI=1S/C15H13BrClNOS/c1-9(18-8-12-3-5-15(17)20-12)14-7-10-6-11(16)2-4-13(10)19-14/h2-7,9,18H,8H2,1H3. The fourth-order valence-corrected chi connectivity index (χ4v) is 3.47. The highest BCUT2D eigenvalue weighted by atomic mass is 79.9. The molecule has 104 valence electrons. The van der Waals surface area contributed by atoms with Gasteiger partial charge in [-0.2, -0.15) is 0 Å². The van der Waals surface area contributed by atoms with Crippen molar-refractivity contribution in [2.45, 2.75) is 19.5 Å². The molecule has 1 unspecified atom stereocenters. The van der Waals surface area contributed by atoms with E-state index in [1.54, 1.807) is 11.3 Å². The van der Waals surface area contributed by atoms with Crippen LogP contribution in [0.25, 0.3) is 11.0 Å². The van der Waals surface area contributed by atoms with Crippen LogP contribution in [0.5, 0.6) is 0 Å². The van der Waals surface area contributed by atoms with Gasteiger partial charge in [0.2, 0.25) is 0 Å². The largest absolute Gasteiger partial charge is 0.459 e. The minimum atomic E-state index is 0.155. The van der Waals surface area contributed by atoms with Crippen molar-refractivity contribution >= 4 is 49.8 Å². The van der Waals surface area contributed by atoms with Gasteiger partial charge in [0.05, 0.1) is 10.4 Å². The van der Waals surface area contributed by atoms with E-state index in [1.807, 2.05) is 24.3 Å². The van der Waals surface area contributed by atoms with E-state index in [1.165, 1.54) is 4.88 Å².